The molecule has 1 N–H and O–H groups in total. The highest BCUT2D eigenvalue weighted by Gasteiger charge is 2.29. The smallest absolute Gasteiger partial charge is 0.261 e. The van der Waals surface area contributed by atoms with Crippen molar-refractivity contribution < 1.29 is 14.3 Å². The first kappa shape index (κ1) is 25.2. The van der Waals surface area contributed by atoms with Crippen LogP contribution in [0.25, 0.3) is 0 Å². The van der Waals surface area contributed by atoms with Crippen molar-refractivity contribution in [1.82, 2.24) is 10.2 Å². The molecule has 1 atom stereocenters. The van der Waals surface area contributed by atoms with Gasteiger partial charge in [-0.25, -0.2) is 0 Å². The van der Waals surface area contributed by atoms with Crippen molar-refractivity contribution in [1.29, 1.82) is 0 Å². The third kappa shape index (κ3) is 6.53. The molecule has 1 fully saturated rings. The van der Waals surface area contributed by atoms with Crippen LogP contribution in [0.1, 0.15) is 38.2 Å². The van der Waals surface area contributed by atoms with Crippen LogP contribution in [-0.2, 0) is 16.1 Å². The summed E-state index contributed by atoms with van der Waals surface area (Å²) in [7, 11) is 0. The summed E-state index contributed by atoms with van der Waals surface area (Å²) in [5.74, 6) is -0.0976. The van der Waals surface area contributed by atoms with Crippen LogP contribution in [0.2, 0.25) is 15.1 Å². The number of nitrogens with zero attached hydrogens (tertiary/aromatic N) is 1. The van der Waals surface area contributed by atoms with Crippen LogP contribution < -0.4 is 10.1 Å². The van der Waals surface area contributed by atoms with Crippen LogP contribution in [0.3, 0.4) is 0 Å². The summed E-state index contributed by atoms with van der Waals surface area (Å²) in [5, 5.41) is 4.46. The third-order valence-corrected chi connectivity index (χ3v) is 7.07. The summed E-state index contributed by atoms with van der Waals surface area (Å²) in [5.41, 5.74) is 0.581. The number of amides is 2. The Morgan fingerprint density at radius 2 is 1.81 bits per heavy atom. The van der Waals surface area contributed by atoms with Crippen molar-refractivity contribution >= 4 is 62.5 Å². The molecule has 1 aliphatic rings. The molecule has 0 radical (unpaired) electrons. The minimum atomic E-state index is -0.729. The van der Waals surface area contributed by atoms with Gasteiger partial charge in [0, 0.05) is 33.2 Å². The zero-order valence-electron chi connectivity index (χ0n) is 17.5. The van der Waals surface area contributed by atoms with E-state index in [1.165, 1.54) is 4.90 Å². The summed E-state index contributed by atoms with van der Waals surface area (Å²) in [6.45, 7) is 1.52. The van der Waals surface area contributed by atoms with Crippen molar-refractivity contribution in [2.75, 3.05) is 6.61 Å². The lowest BCUT2D eigenvalue weighted by Gasteiger charge is -2.30. The second kappa shape index (κ2) is 11.6. The molecule has 0 heterocycles. The fourth-order valence-corrected chi connectivity index (χ4v) is 4.96. The number of hydrogen-bond acceptors (Lipinski definition) is 3. The molecule has 1 unspecified atom stereocenters. The van der Waals surface area contributed by atoms with Gasteiger partial charge < -0.3 is 15.0 Å². The van der Waals surface area contributed by atoms with Crippen LogP contribution >= 0.6 is 50.7 Å². The molecule has 5 nitrogen and oxygen atoms in total. The molecule has 2 amide bonds. The van der Waals surface area contributed by atoms with Crippen molar-refractivity contribution in [3.05, 3.63) is 61.5 Å². The predicted molar refractivity (Wildman–Crippen MR) is 132 cm³/mol. The largest absolute Gasteiger partial charge is 0.483 e. The summed E-state index contributed by atoms with van der Waals surface area (Å²) < 4.78 is 6.33. The second-order valence-corrected chi connectivity index (χ2v) is 9.86. The maximum absolute atomic E-state index is 13.2. The first-order valence-corrected chi connectivity index (χ1v) is 12.3. The highest BCUT2D eigenvalue weighted by Crippen LogP contribution is 2.29. The molecule has 9 heteroatoms. The molecule has 2 aromatic carbocycles. The van der Waals surface area contributed by atoms with Crippen LogP contribution in [-0.4, -0.2) is 35.4 Å². The normalized spacial score (nSPS) is 14.8. The van der Waals surface area contributed by atoms with E-state index in [-0.39, 0.29) is 31.0 Å². The zero-order valence-corrected chi connectivity index (χ0v) is 21.4. The Hall–Kier alpha value is -1.47. The molecule has 0 aromatic heterocycles. The van der Waals surface area contributed by atoms with Gasteiger partial charge in [0.15, 0.2) is 6.61 Å². The van der Waals surface area contributed by atoms with E-state index in [0.29, 0.717) is 30.9 Å². The number of ether oxygens (including phenoxy) is 1. The third-order valence-electron chi connectivity index (χ3n) is 5.50. The molecular formula is C23H24BrCl3N2O3. The maximum atomic E-state index is 13.2. The Labute approximate surface area is 211 Å². The van der Waals surface area contributed by atoms with Gasteiger partial charge in [-0.1, -0.05) is 53.7 Å². The number of nitrogens with one attached hydrogen (secondary N) is 1. The first-order chi connectivity index (χ1) is 15.3. The number of hydrogen-bond donors (Lipinski definition) is 1. The minimum absolute atomic E-state index is 0.0851. The van der Waals surface area contributed by atoms with Crippen molar-refractivity contribution in [2.24, 2.45) is 0 Å². The zero-order chi connectivity index (χ0) is 23.3. The van der Waals surface area contributed by atoms with Gasteiger partial charge in [0.2, 0.25) is 5.91 Å². The van der Waals surface area contributed by atoms with E-state index in [4.69, 9.17) is 39.5 Å². The van der Waals surface area contributed by atoms with Crippen LogP contribution in [0.4, 0.5) is 0 Å². The molecule has 1 aliphatic carbocycles. The predicted octanol–water partition coefficient (Wildman–Crippen LogP) is 6.26. The Bertz CT molecular complexity index is 963. The summed E-state index contributed by atoms with van der Waals surface area (Å²) in [6, 6.07) is 9.58. The quantitative estimate of drug-likeness (QED) is 0.413. The Morgan fingerprint density at radius 3 is 2.44 bits per heavy atom. The molecule has 0 spiro atoms. The van der Waals surface area contributed by atoms with E-state index in [1.54, 1.807) is 43.3 Å². The number of carbonyl (C=O) groups excluding carboxylic acids is 2. The summed E-state index contributed by atoms with van der Waals surface area (Å²) in [4.78, 5) is 27.6. The number of carbonyl (C=O) groups is 2. The summed E-state index contributed by atoms with van der Waals surface area (Å²) >= 11 is 22.0. The van der Waals surface area contributed by atoms with Crippen molar-refractivity contribution in [3.63, 3.8) is 0 Å². The van der Waals surface area contributed by atoms with E-state index >= 15 is 0 Å². The van der Waals surface area contributed by atoms with Gasteiger partial charge >= 0.3 is 0 Å². The average molecular weight is 563 g/mol. The maximum Gasteiger partial charge on any atom is 0.261 e. The van der Waals surface area contributed by atoms with E-state index in [2.05, 4.69) is 21.2 Å². The molecule has 1 saturated carbocycles. The molecule has 0 bridgehead atoms. The fourth-order valence-electron chi connectivity index (χ4n) is 3.64. The van der Waals surface area contributed by atoms with E-state index < -0.39 is 6.04 Å². The van der Waals surface area contributed by atoms with Gasteiger partial charge in [-0.2, -0.15) is 0 Å². The van der Waals surface area contributed by atoms with Crippen molar-refractivity contribution in [3.8, 4) is 5.75 Å². The van der Waals surface area contributed by atoms with Gasteiger partial charge in [0.1, 0.15) is 11.8 Å². The first-order valence-electron chi connectivity index (χ1n) is 10.4. The van der Waals surface area contributed by atoms with Gasteiger partial charge in [0.25, 0.3) is 5.91 Å². The minimum Gasteiger partial charge on any atom is -0.483 e. The molecule has 3 rings (SSSR count). The number of halogens is 4. The topological polar surface area (TPSA) is 58.6 Å². The molecule has 32 heavy (non-hydrogen) atoms. The Morgan fingerprint density at radius 1 is 1.16 bits per heavy atom. The SMILES string of the molecule is CC(C(=O)NC1CCCC1)N(Cc1c(Cl)cccc1Cl)C(=O)COc1ccc(Cl)cc1Br. The molecule has 0 saturated heterocycles. The second-order valence-electron chi connectivity index (χ2n) is 7.75. The molecule has 0 aliphatic heterocycles. The molecule has 172 valence electrons. The highest BCUT2D eigenvalue weighted by atomic mass is 79.9. The standard InChI is InChI=1S/C23H24BrCl3N2O3/c1-14(23(31)28-16-5-2-3-6-16)29(12-17-19(26)7-4-8-20(17)27)22(30)13-32-21-10-9-15(25)11-18(21)24/h4,7-11,14,16H,2-3,5-6,12-13H2,1H3,(H,28,31). The lowest BCUT2D eigenvalue weighted by atomic mass is 10.1. The lowest BCUT2D eigenvalue weighted by molar-refractivity contribution is -0.142. The van der Waals surface area contributed by atoms with Gasteiger partial charge in [0.05, 0.1) is 4.47 Å². The number of rotatable bonds is 8. The van der Waals surface area contributed by atoms with E-state index in [9.17, 15) is 9.59 Å². The van der Waals surface area contributed by atoms with Crippen LogP contribution in [0.5, 0.6) is 5.75 Å². The highest BCUT2D eigenvalue weighted by molar-refractivity contribution is 9.10. The van der Waals surface area contributed by atoms with Gasteiger partial charge in [-0.15, -0.1) is 0 Å². The Kier molecular flexibility index (Phi) is 9.12. The fraction of sp³-hybridized carbons (Fsp3) is 0.391. The Balaban J connectivity index is 1.78. The van der Waals surface area contributed by atoms with Crippen molar-refractivity contribution in [2.45, 2.75) is 51.2 Å². The van der Waals surface area contributed by atoms with Gasteiger partial charge in [-0.05, 0) is 66.0 Å². The number of benzene rings is 2. The lowest BCUT2D eigenvalue weighted by Crippen LogP contribution is -2.50. The van der Waals surface area contributed by atoms with Crippen LogP contribution in [0.15, 0.2) is 40.9 Å². The van der Waals surface area contributed by atoms with Gasteiger partial charge in [-0.3, -0.25) is 9.59 Å². The molecular weight excluding hydrogens is 539 g/mol. The van der Waals surface area contributed by atoms with Crippen LogP contribution in [0, 0.1) is 0 Å². The van der Waals surface area contributed by atoms with E-state index in [1.807, 2.05) is 0 Å². The van der Waals surface area contributed by atoms with E-state index in [0.717, 1.165) is 25.7 Å². The summed E-state index contributed by atoms with van der Waals surface area (Å²) in [6.07, 6.45) is 4.11. The monoisotopic (exact) mass is 560 g/mol. The molecule has 2 aromatic rings. The average Bonchev–Trinajstić information content (AvgIpc) is 3.25.